The Bertz CT molecular complexity index is 491. The van der Waals surface area contributed by atoms with Crippen LogP contribution in [0.5, 0.6) is 0 Å². The Morgan fingerprint density at radius 1 is 1.43 bits per heavy atom. The van der Waals surface area contributed by atoms with E-state index in [9.17, 15) is 0 Å². The van der Waals surface area contributed by atoms with Crippen LogP contribution in [0.3, 0.4) is 0 Å². The molecule has 1 aromatic carbocycles. The molecule has 0 spiro atoms. The molecule has 0 saturated heterocycles. The molecule has 1 aromatic heterocycles. The molecular formula is C11H11N3. The minimum Gasteiger partial charge on any atom is -0.361 e. The molecule has 0 aliphatic heterocycles. The largest absolute Gasteiger partial charge is 0.361 e. The van der Waals surface area contributed by atoms with Crippen molar-refractivity contribution in [2.75, 3.05) is 6.54 Å². The van der Waals surface area contributed by atoms with Crippen molar-refractivity contribution in [1.82, 2.24) is 4.98 Å². The Hall–Kier alpha value is -1.79. The van der Waals surface area contributed by atoms with Crippen LogP contribution in [-0.2, 0) is 6.42 Å². The number of nitrogens with two attached hydrogens (primary N) is 1. The highest BCUT2D eigenvalue weighted by atomic mass is 14.7. The van der Waals surface area contributed by atoms with E-state index in [4.69, 9.17) is 11.0 Å². The first-order valence-electron chi connectivity index (χ1n) is 4.55. The first kappa shape index (κ1) is 8.79. The Kier molecular flexibility index (Phi) is 2.21. The summed E-state index contributed by atoms with van der Waals surface area (Å²) in [6, 6.07) is 7.77. The summed E-state index contributed by atoms with van der Waals surface area (Å²) in [6.07, 6.45) is 2.80. The third-order valence-electron chi connectivity index (χ3n) is 2.31. The van der Waals surface area contributed by atoms with Crippen molar-refractivity contribution in [2.24, 2.45) is 5.73 Å². The lowest BCUT2D eigenvalue weighted by atomic mass is 10.1. The van der Waals surface area contributed by atoms with Crippen LogP contribution >= 0.6 is 0 Å². The molecule has 0 radical (unpaired) electrons. The smallest absolute Gasteiger partial charge is 0.0991 e. The Morgan fingerprint density at radius 3 is 3.00 bits per heavy atom. The third-order valence-corrected chi connectivity index (χ3v) is 2.31. The molecule has 2 aromatic rings. The van der Waals surface area contributed by atoms with Gasteiger partial charge in [0.15, 0.2) is 0 Å². The van der Waals surface area contributed by atoms with Gasteiger partial charge in [0.05, 0.1) is 11.6 Å². The number of aromatic nitrogens is 1. The summed E-state index contributed by atoms with van der Waals surface area (Å²) < 4.78 is 0. The molecule has 2 rings (SSSR count). The lowest BCUT2D eigenvalue weighted by Crippen LogP contribution is -2.01. The molecule has 0 atom stereocenters. The van der Waals surface area contributed by atoms with Gasteiger partial charge in [-0.25, -0.2) is 0 Å². The van der Waals surface area contributed by atoms with Crippen LogP contribution in [0.4, 0.5) is 0 Å². The predicted molar refractivity (Wildman–Crippen MR) is 55.8 cm³/mol. The molecule has 0 bridgehead atoms. The van der Waals surface area contributed by atoms with Gasteiger partial charge < -0.3 is 10.7 Å². The summed E-state index contributed by atoms with van der Waals surface area (Å²) in [4.78, 5) is 3.16. The number of aromatic amines is 1. The lowest BCUT2D eigenvalue weighted by Gasteiger charge is -1.95. The number of nitriles is 1. The van der Waals surface area contributed by atoms with Gasteiger partial charge in [-0.1, -0.05) is 0 Å². The van der Waals surface area contributed by atoms with E-state index in [0.29, 0.717) is 12.1 Å². The highest BCUT2D eigenvalue weighted by molar-refractivity contribution is 5.84. The maximum absolute atomic E-state index is 8.77. The van der Waals surface area contributed by atoms with Gasteiger partial charge in [0, 0.05) is 17.1 Å². The Morgan fingerprint density at radius 2 is 2.29 bits per heavy atom. The zero-order chi connectivity index (χ0) is 9.97. The molecule has 3 nitrogen and oxygen atoms in total. The zero-order valence-electron chi connectivity index (χ0n) is 7.75. The van der Waals surface area contributed by atoms with Crippen LogP contribution in [0.25, 0.3) is 10.9 Å². The average molecular weight is 185 g/mol. The van der Waals surface area contributed by atoms with E-state index >= 15 is 0 Å². The van der Waals surface area contributed by atoms with Gasteiger partial charge in [-0.05, 0) is 36.7 Å². The summed E-state index contributed by atoms with van der Waals surface area (Å²) in [5.41, 5.74) is 8.44. The van der Waals surface area contributed by atoms with Crippen LogP contribution in [0.15, 0.2) is 24.4 Å². The summed E-state index contributed by atoms with van der Waals surface area (Å²) in [6.45, 7) is 0.629. The fourth-order valence-electron chi connectivity index (χ4n) is 1.61. The number of hydrogen-bond acceptors (Lipinski definition) is 2. The predicted octanol–water partition coefficient (Wildman–Crippen LogP) is 1.54. The van der Waals surface area contributed by atoms with Gasteiger partial charge in [0.2, 0.25) is 0 Å². The number of nitrogens with zero attached hydrogens (tertiary/aromatic N) is 1. The van der Waals surface area contributed by atoms with E-state index in [1.807, 2.05) is 24.4 Å². The van der Waals surface area contributed by atoms with Gasteiger partial charge in [-0.2, -0.15) is 5.26 Å². The maximum Gasteiger partial charge on any atom is 0.0991 e. The molecule has 0 saturated carbocycles. The summed E-state index contributed by atoms with van der Waals surface area (Å²) in [7, 11) is 0. The number of fused-ring (bicyclic) bond motifs is 1. The molecule has 3 N–H and O–H groups in total. The molecule has 0 fully saturated rings. The number of hydrogen-bond donors (Lipinski definition) is 2. The Labute approximate surface area is 82.1 Å². The first-order chi connectivity index (χ1) is 6.85. The highest BCUT2D eigenvalue weighted by Gasteiger charge is 2.03. The minimum absolute atomic E-state index is 0.629. The van der Waals surface area contributed by atoms with E-state index in [1.165, 1.54) is 5.56 Å². The fraction of sp³-hybridized carbons (Fsp3) is 0.182. The lowest BCUT2D eigenvalue weighted by molar-refractivity contribution is 0.976. The van der Waals surface area contributed by atoms with Crippen molar-refractivity contribution < 1.29 is 0 Å². The van der Waals surface area contributed by atoms with Gasteiger partial charge in [-0.15, -0.1) is 0 Å². The second-order valence-corrected chi connectivity index (χ2v) is 3.22. The molecule has 14 heavy (non-hydrogen) atoms. The quantitative estimate of drug-likeness (QED) is 0.745. The van der Waals surface area contributed by atoms with Crippen LogP contribution in [-0.4, -0.2) is 11.5 Å². The number of H-pyrrole nitrogens is 1. The van der Waals surface area contributed by atoms with E-state index < -0.39 is 0 Å². The van der Waals surface area contributed by atoms with Gasteiger partial charge >= 0.3 is 0 Å². The van der Waals surface area contributed by atoms with Crippen LogP contribution in [0, 0.1) is 11.3 Å². The third kappa shape index (κ3) is 1.36. The van der Waals surface area contributed by atoms with Gasteiger partial charge in [-0.3, -0.25) is 0 Å². The Balaban J connectivity index is 2.59. The van der Waals surface area contributed by atoms with Crippen molar-refractivity contribution in [2.45, 2.75) is 6.42 Å². The van der Waals surface area contributed by atoms with Crippen LogP contribution in [0.1, 0.15) is 11.1 Å². The SMILES string of the molecule is N#Cc1ccc2[nH]cc(CCN)c2c1. The first-order valence-corrected chi connectivity index (χ1v) is 4.55. The molecule has 70 valence electrons. The topological polar surface area (TPSA) is 65.6 Å². The molecule has 0 aliphatic rings. The average Bonchev–Trinajstić information content (AvgIpc) is 2.61. The minimum atomic E-state index is 0.629. The number of benzene rings is 1. The highest BCUT2D eigenvalue weighted by Crippen LogP contribution is 2.19. The van der Waals surface area contributed by atoms with E-state index in [0.717, 1.165) is 17.3 Å². The van der Waals surface area contributed by atoms with Crippen molar-refractivity contribution in [3.63, 3.8) is 0 Å². The summed E-state index contributed by atoms with van der Waals surface area (Å²) in [5.74, 6) is 0. The van der Waals surface area contributed by atoms with Crippen molar-refractivity contribution in [1.29, 1.82) is 5.26 Å². The van der Waals surface area contributed by atoms with Gasteiger partial charge in [0.25, 0.3) is 0 Å². The molecule has 0 aliphatic carbocycles. The molecule has 3 heteroatoms. The molecule has 0 amide bonds. The maximum atomic E-state index is 8.77. The van der Waals surface area contributed by atoms with Gasteiger partial charge in [0.1, 0.15) is 0 Å². The normalized spacial score (nSPS) is 10.3. The van der Waals surface area contributed by atoms with Crippen molar-refractivity contribution in [3.8, 4) is 6.07 Å². The van der Waals surface area contributed by atoms with Crippen molar-refractivity contribution >= 4 is 10.9 Å². The summed E-state index contributed by atoms with van der Waals surface area (Å²) in [5, 5.41) is 9.88. The van der Waals surface area contributed by atoms with Crippen molar-refractivity contribution in [3.05, 3.63) is 35.5 Å². The fourth-order valence-corrected chi connectivity index (χ4v) is 1.61. The number of rotatable bonds is 2. The van der Waals surface area contributed by atoms with E-state index in [-0.39, 0.29) is 0 Å². The number of nitrogens with one attached hydrogen (secondary N) is 1. The second kappa shape index (κ2) is 3.52. The van der Waals surface area contributed by atoms with E-state index in [1.54, 1.807) is 0 Å². The molecule has 1 heterocycles. The zero-order valence-corrected chi connectivity index (χ0v) is 7.75. The standard InChI is InChI=1S/C11H11N3/c12-4-3-9-7-14-11-2-1-8(6-13)5-10(9)11/h1-2,5,7,14H,3-4,12H2. The summed E-state index contributed by atoms with van der Waals surface area (Å²) >= 11 is 0. The molecular weight excluding hydrogens is 174 g/mol. The second-order valence-electron chi connectivity index (χ2n) is 3.22. The monoisotopic (exact) mass is 185 g/mol. The van der Waals surface area contributed by atoms with Crippen LogP contribution in [0.2, 0.25) is 0 Å². The van der Waals surface area contributed by atoms with E-state index in [2.05, 4.69) is 11.1 Å². The van der Waals surface area contributed by atoms with Crippen LogP contribution < -0.4 is 5.73 Å². The molecule has 0 unspecified atom stereocenters.